The standard InChI is InChI=1S/C25H25N3O4S/c1-18-8-6-10-20(16-18)26-25(30)22-12-2-3-13-23(22)27-24(29)19-9-7-11-21(17-19)33(31,32)28-14-4-5-15-28/h2-3,6-13,16-17H,4-5,14-15H2,1H3,(H,26,30)(H,27,29). The molecule has 2 N–H and O–H groups in total. The number of hydrogen-bond donors (Lipinski definition) is 2. The van der Waals surface area contributed by atoms with Crippen molar-refractivity contribution >= 4 is 33.2 Å². The summed E-state index contributed by atoms with van der Waals surface area (Å²) in [5, 5.41) is 5.58. The van der Waals surface area contributed by atoms with Crippen LogP contribution in [-0.4, -0.2) is 37.6 Å². The number of amides is 2. The Bertz CT molecular complexity index is 1300. The quantitative estimate of drug-likeness (QED) is 0.570. The van der Waals surface area contributed by atoms with Crippen LogP contribution in [0.15, 0.2) is 77.7 Å². The van der Waals surface area contributed by atoms with Crippen LogP contribution in [0.25, 0.3) is 0 Å². The van der Waals surface area contributed by atoms with Gasteiger partial charge in [-0.05, 0) is 67.8 Å². The molecule has 0 aliphatic carbocycles. The number of carbonyl (C=O) groups is 2. The average molecular weight is 464 g/mol. The zero-order valence-electron chi connectivity index (χ0n) is 18.2. The molecule has 7 nitrogen and oxygen atoms in total. The van der Waals surface area contributed by atoms with E-state index in [-0.39, 0.29) is 16.4 Å². The highest BCUT2D eigenvalue weighted by Crippen LogP contribution is 2.23. The molecule has 0 radical (unpaired) electrons. The normalized spacial score (nSPS) is 14.1. The van der Waals surface area contributed by atoms with Gasteiger partial charge in [0.25, 0.3) is 11.8 Å². The molecule has 0 saturated carbocycles. The molecular weight excluding hydrogens is 438 g/mol. The summed E-state index contributed by atoms with van der Waals surface area (Å²) < 4.78 is 27.1. The fourth-order valence-corrected chi connectivity index (χ4v) is 5.34. The summed E-state index contributed by atoms with van der Waals surface area (Å²) in [6, 6.07) is 20.1. The molecule has 8 heteroatoms. The van der Waals surface area contributed by atoms with E-state index in [9.17, 15) is 18.0 Å². The summed E-state index contributed by atoms with van der Waals surface area (Å²) in [6.07, 6.45) is 1.67. The molecule has 1 saturated heterocycles. The second-order valence-electron chi connectivity index (χ2n) is 7.96. The average Bonchev–Trinajstić information content (AvgIpc) is 3.35. The van der Waals surface area contributed by atoms with Crippen molar-refractivity contribution < 1.29 is 18.0 Å². The smallest absolute Gasteiger partial charge is 0.257 e. The van der Waals surface area contributed by atoms with Gasteiger partial charge in [-0.2, -0.15) is 4.31 Å². The number of para-hydroxylation sites is 1. The van der Waals surface area contributed by atoms with Crippen molar-refractivity contribution in [3.8, 4) is 0 Å². The molecule has 2 amide bonds. The van der Waals surface area contributed by atoms with Crippen LogP contribution in [-0.2, 0) is 10.0 Å². The third-order valence-corrected chi connectivity index (χ3v) is 7.39. The summed E-state index contributed by atoms with van der Waals surface area (Å²) in [5.74, 6) is -0.855. The predicted octanol–water partition coefficient (Wildman–Crippen LogP) is 4.28. The van der Waals surface area contributed by atoms with E-state index in [1.807, 2.05) is 25.1 Å². The first-order valence-corrected chi connectivity index (χ1v) is 12.2. The Morgan fingerprint density at radius 2 is 1.55 bits per heavy atom. The Labute approximate surface area is 193 Å². The molecule has 170 valence electrons. The van der Waals surface area contributed by atoms with E-state index in [0.29, 0.717) is 30.0 Å². The van der Waals surface area contributed by atoms with E-state index >= 15 is 0 Å². The first kappa shape index (κ1) is 22.7. The Morgan fingerprint density at radius 3 is 2.30 bits per heavy atom. The first-order valence-electron chi connectivity index (χ1n) is 10.7. The molecule has 0 atom stereocenters. The third kappa shape index (κ3) is 5.13. The summed E-state index contributed by atoms with van der Waals surface area (Å²) in [5.41, 5.74) is 2.50. The van der Waals surface area contributed by atoms with Crippen molar-refractivity contribution in [2.24, 2.45) is 0 Å². The van der Waals surface area contributed by atoms with Gasteiger partial charge in [0.1, 0.15) is 0 Å². The minimum absolute atomic E-state index is 0.0857. The predicted molar refractivity (Wildman–Crippen MR) is 128 cm³/mol. The van der Waals surface area contributed by atoms with Crippen LogP contribution in [0.2, 0.25) is 0 Å². The highest BCUT2D eigenvalue weighted by Gasteiger charge is 2.27. The topological polar surface area (TPSA) is 95.6 Å². The molecule has 33 heavy (non-hydrogen) atoms. The lowest BCUT2D eigenvalue weighted by Gasteiger charge is -2.16. The van der Waals surface area contributed by atoms with E-state index in [4.69, 9.17) is 0 Å². The highest BCUT2D eigenvalue weighted by atomic mass is 32.2. The molecule has 3 aromatic rings. The van der Waals surface area contributed by atoms with Gasteiger partial charge in [0, 0.05) is 24.3 Å². The Kier molecular flexibility index (Phi) is 6.57. The van der Waals surface area contributed by atoms with E-state index in [0.717, 1.165) is 18.4 Å². The fourth-order valence-electron chi connectivity index (χ4n) is 3.78. The second kappa shape index (κ2) is 9.56. The number of hydrogen-bond acceptors (Lipinski definition) is 4. The molecule has 1 heterocycles. The molecule has 1 fully saturated rings. The zero-order valence-corrected chi connectivity index (χ0v) is 19.1. The first-order chi connectivity index (χ1) is 15.8. The molecule has 0 unspecified atom stereocenters. The number of sulfonamides is 1. The van der Waals surface area contributed by atoms with Crippen LogP contribution in [0.3, 0.4) is 0 Å². The maximum Gasteiger partial charge on any atom is 0.257 e. The van der Waals surface area contributed by atoms with Crippen molar-refractivity contribution in [2.75, 3.05) is 23.7 Å². The Balaban J connectivity index is 1.54. The Hall–Kier alpha value is -3.49. The number of rotatable bonds is 6. The molecule has 4 rings (SSSR count). The monoisotopic (exact) mass is 463 g/mol. The van der Waals surface area contributed by atoms with Gasteiger partial charge in [-0.25, -0.2) is 8.42 Å². The van der Waals surface area contributed by atoms with Gasteiger partial charge in [0.15, 0.2) is 0 Å². The van der Waals surface area contributed by atoms with Gasteiger partial charge in [0.05, 0.1) is 16.1 Å². The van der Waals surface area contributed by atoms with Crippen LogP contribution in [0, 0.1) is 6.92 Å². The minimum Gasteiger partial charge on any atom is -0.322 e. The zero-order chi connectivity index (χ0) is 23.4. The van der Waals surface area contributed by atoms with Crippen LogP contribution >= 0.6 is 0 Å². The van der Waals surface area contributed by atoms with Crippen LogP contribution < -0.4 is 10.6 Å². The number of anilines is 2. The lowest BCUT2D eigenvalue weighted by atomic mass is 10.1. The van der Waals surface area contributed by atoms with Crippen LogP contribution in [0.4, 0.5) is 11.4 Å². The minimum atomic E-state index is -3.64. The number of benzene rings is 3. The van der Waals surface area contributed by atoms with E-state index in [1.54, 1.807) is 42.5 Å². The van der Waals surface area contributed by atoms with E-state index in [2.05, 4.69) is 10.6 Å². The van der Waals surface area contributed by atoms with Gasteiger partial charge in [-0.3, -0.25) is 9.59 Å². The van der Waals surface area contributed by atoms with Crippen LogP contribution in [0.1, 0.15) is 39.1 Å². The molecule has 3 aromatic carbocycles. The maximum atomic E-state index is 12.9. The van der Waals surface area contributed by atoms with Gasteiger partial charge in [-0.1, -0.05) is 30.3 Å². The lowest BCUT2D eigenvalue weighted by molar-refractivity contribution is 0.102. The summed E-state index contributed by atoms with van der Waals surface area (Å²) in [4.78, 5) is 25.9. The summed E-state index contributed by atoms with van der Waals surface area (Å²) >= 11 is 0. The highest BCUT2D eigenvalue weighted by molar-refractivity contribution is 7.89. The van der Waals surface area contributed by atoms with Crippen molar-refractivity contribution in [1.82, 2.24) is 4.31 Å². The Morgan fingerprint density at radius 1 is 0.818 bits per heavy atom. The number of nitrogens with one attached hydrogen (secondary N) is 2. The van der Waals surface area contributed by atoms with Crippen molar-refractivity contribution in [3.63, 3.8) is 0 Å². The van der Waals surface area contributed by atoms with Crippen molar-refractivity contribution in [2.45, 2.75) is 24.7 Å². The third-order valence-electron chi connectivity index (χ3n) is 5.49. The molecule has 0 spiro atoms. The number of nitrogens with zero attached hydrogens (tertiary/aromatic N) is 1. The van der Waals surface area contributed by atoms with Gasteiger partial charge >= 0.3 is 0 Å². The molecule has 0 aromatic heterocycles. The lowest BCUT2D eigenvalue weighted by Crippen LogP contribution is -2.28. The number of carbonyl (C=O) groups excluding carboxylic acids is 2. The SMILES string of the molecule is Cc1cccc(NC(=O)c2ccccc2NC(=O)c2cccc(S(=O)(=O)N3CCCC3)c2)c1. The van der Waals surface area contributed by atoms with Crippen LogP contribution in [0.5, 0.6) is 0 Å². The molecular formula is C25H25N3O4S. The molecule has 0 bridgehead atoms. The largest absolute Gasteiger partial charge is 0.322 e. The summed E-state index contributed by atoms with van der Waals surface area (Å²) in [6.45, 7) is 2.91. The van der Waals surface area contributed by atoms with E-state index < -0.39 is 15.9 Å². The van der Waals surface area contributed by atoms with Crippen molar-refractivity contribution in [3.05, 3.63) is 89.5 Å². The van der Waals surface area contributed by atoms with Gasteiger partial charge in [-0.15, -0.1) is 0 Å². The summed E-state index contributed by atoms with van der Waals surface area (Å²) in [7, 11) is -3.64. The van der Waals surface area contributed by atoms with Gasteiger partial charge in [0.2, 0.25) is 10.0 Å². The number of aryl methyl sites for hydroxylation is 1. The van der Waals surface area contributed by atoms with Gasteiger partial charge < -0.3 is 10.6 Å². The molecule has 1 aliphatic rings. The van der Waals surface area contributed by atoms with Crippen molar-refractivity contribution in [1.29, 1.82) is 0 Å². The maximum absolute atomic E-state index is 12.9. The van der Waals surface area contributed by atoms with E-state index in [1.165, 1.54) is 16.4 Å². The second-order valence-corrected chi connectivity index (χ2v) is 9.90. The fraction of sp³-hybridized carbons (Fsp3) is 0.200. The molecule has 1 aliphatic heterocycles.